The number of nitriles is 1. The van der Waals surface area contributed by atoms with Gasteiger partial charge in [0.2, 0.25) is 0 Å². The fraction of sp³-hybridized carbons (Fsp3) is 0.412. The van der Waals surface area contributed by atoms with Gasteiger partial charge in [0.25, 0.3) is 10.0 Å². The zero-order valence-electron chi connectivity index (χ0n) is 13.8. The van der Waals surface area contributed by atoms with Crippen molar-refractivity contribution >= 4 is 15.7 Å². The molecular weight excluding hydrogens is 324 g/mol. The number of hydrogen-bond donors (Lipinski definition) is 0. The molecule has 0 spiro atoms. The summed E-state index contributed by atoms with van der Waals surface area (Å²) in [6.45, 7) is 3.90. The standard InChI is InChI=1S/C17H20N4O2S/c1-13(2)20-12-17(11-19-20)24(22,23)21(15-6-4-7-15)16-8-3-5-14(9-16)10-18/h3,5,8-9,11-13,15H,4,6-7H2,1-2H3. The Morgan fingerprint density at radius 1 is 1.38 bits per heavy atom. The van der Waals surface area contributed by atoms with Crippen molar-refractivity contribution in [2.24, 2.45) is 0 Å². The lowest BCUT2D eigenvalue weighted by molar-refractivity contribution is 0.415. The second kappa shape index (κ2) is 6.29. The van der Waals surface area contributed by atoms with Crippen LogP contribution in [0.15, 0.2) is 41.6 Å². The Bertz CT molecular complexity index is 876. The van der Waals surface area contributed by atoms with Gasteiger partial charge in [-0.3, -0.25) is 8.99 Å². The third-order valence-electron chi connectivity index (χ3n) is 4.30. The topological polar surface area (TPSA) is 79.0 Å². The van der Waals surface area contributed by atoms with Crippen molar-refractivity contribution in [1.29, 1.82) is 5.26 Å². The Balaban J connectivity index is 2.05. The fourth-order valence-corrected chi connectivity index (χ4v) is 4.37. The maximum absolute atomic E-state index is 13.2. The second-order valence-electron chi connectivity index (χ2n) is 6.30. The first-order valence-electron chi connectivity index (χ1n) is 8.02. The van der Waals surface area contributed by atoms with Crippen molar-refractivity contribution in [3.05, 3.63) is 42.2 Å². The van der Waals surface area contributed by atoms with E-state index in [1.54, 1.807) is 35.1 Å². The van der Waals surface area contributed by atoms with E-state index in [4.69, 9.17) is 5.26 Å². The Kier molecular flexibility index (Phi) is 4.33. The predicted octanol–water partition coefficient (Wildman–Crippen LogP) is 3.08. The summed E-state index contributed by atoms with van der Waals surface area (Å²) in [5.74, 6) is 0. The van der Waals surface area contributed by atoms with Gasteiger partial charge in [-0.05, 0) is 51.3 Å². The van der Waals surface area contributed by atoms with Crippen LogP contribution >= 0.6 is 0 Å². The second-order valence-corrected chi connectivity index (χ2v) is 8.11. The van der Waals surface area contributed by atoms with Gasteiger partial charge in [-0.15, -0.1) is 0 Å². The van der Waals surface area contributed by atoms with Crippen molar-refractivity contribution in [3.63, 3.8) is 0 Å². The Morgan fingerprint density at radius 3 is 2.67 bits per heavy atom. The van der Waals surface area contributed by atoms with Crippen LogP contribution < -0.4 is 4.31 Å². The fourth-order valence-electron chi connectivity index (χ4n) is 2.73. The number of hydrogen-bond acceptors (Lipinski definition) is 4. The van der Waals surface area contributed by atoms with Crippen LogP contribution in [0.2, 0.25) is 0 Å². The van der Waals surface area contributed by atoms with Crippen molar-refractivity contribution in [2.75, 3.05) is 4.31 Å². The van der Waals surface area contributed by atoms with Crippen LogP contribution in [0.5, 0.6) is 0 Å². The van der Waals surface area contributed by atoms with Crippen LogP contribution in [0.1, 0.15) is 44.7 Å². The molecule has 0 saturated heterocycles. The number of benzene rings is 1. The van der Waals surface area contributed by atoms with Gasteiger partial charge < -0.3 is 0 Å². The molecule has 24 heavy (non-hydrogen) atoms. The maximum atomic E-state index is 13.2. The summed E-state index contributed by atoms with van der Waals surface area (Å²) in [6, 6.07) is 8.85. The highest BCUT2D eigenvalue weighted by Gasteiger charge is 2.36. The van der Waals surface area contributed by atoms with Crippen LogP contribution in [0.3, 0.4) is 0 Å². The zero-order valence-corrected chi connectivity index (χ0v) is 14.6. The molecule has 1 aliphatic carbocycles. The van der Waals surface area contributed by atoms with Gasteiger partial charge in [0.05, 0.1) is 23.5 Å². The minimum atomic E-state index is -3.71. The Hall–Kier alpha value is -2.33. The summed E-state index contributed by atoms with van der Waals surface area (Å²) in [6.07, 6.45) is 5.64. The lowest BCUT2D eigenvalue weighted by atomic mass is 9.93. The van der Waals surface area contributed by atoms with Crippen LogP contribution in [0.25, 0.3) is 0 Å². The highest BCUT2D eigenvalue weighted by Crippen LogP contribution is 2.35. The molecule has 0 bridgehead atoms. The summed E-state index contributed by atoms with van der Waals surface area (Å²) in [4.78, 5) is 0.186. The molecule has 0 aliphatic heterocycles. The van der Waals surface area contributed by atoms with Gasteiger partial charge >= 0.3 is 0 Å². The summed E-state index contributed by atoms with van der Waals surface area (Å²) in [7, 11) is -3.71. The molecule has 0 radical (unpaired) electrons. The lowest BCUT2D eigenvalue weighted by Crippen LogP contribution is -2.44. The first-order chi connectivity index (χ1) is 11.4. The molecule has 1 aromatic heterocycles. The van der Waals surface area contributed by atoms with E-state index in [1.807, 2.05) is 13.8 Å². The van der Waals surface area contributed by atoms with E-state index in [2.05, 4.69) is 11.2 Å². The molecule has 6 nitrogen and oxygen atoms in total. The summed E-state index contributed by atoms with van der Waals surface area (Å²) >= 11 is 0. The van der Waals surface area contributed by atoms with Crippen molar-refractivity contribution in [1.82, 2.24) is 9.78 Å². The van der Waals surface area contributed by atoms with Gasteiger partial charge in [0, 0.05) is 18.3 Å². The average molecular weight is 344 g/mol. The molecule has 7 heteroatoms. The van der Waals surface area contributed by atoms with Gasteiger partial charge in [-0.1, -0.05) is 6.07 Å². The van der Waals surface area contributed by atoms with Gasteiger partial charge in [-0.25, -0.2) is 8.42 Å². The molecular formula is C17H20N4O2S. The molecule has 3 rings (SSSR count). The summed E-state index contributed by atoms with van der Waals surface area (Å²) in [5.41, 5.74) is 0.987. The highest BCUT2D eigenvalue weighted by atomic mass is 32.2. The number of anilines is 1. The summed E-state index contributed by atoms with van der Waals surface area (Å²) < 4.78 is 29.5. The molecule has 1 aromatic carbocycles. The first-order valence-corrected chi connectivity index (χ1v) is 9.46. The van der Waals surface area contributed by atoms with Crippen LogP contribution in [0.4, 0.5) is 5.69 Å². The van der Waals surface area contributed by atoms with E-state index in [-0.39, 0.29) is 17.0 Å². The maximum Gasteiger partial charge on any atom is 0.267 e. The molecule has 2 aromatic rings. The molecule has 1 heterocycles. The third-order valence-corrected chi connectivity index (χ3v) is 6.13. The third kappa shape index (κ3) is 2.89. The highest BCUT2D eigenvalue weighted by molar-refractivity contribution is 7.92. The SMILES string of the molecule is CC(C)n1cc(S(=O)(=O)N(c2cccc(C#N)c2)C2CCC2)cn1. The van der Waals surface area contributed by atoms with Crippen LogP contribution in [-0.2, 0) is 10.0 Å². The minimum Gasteiger partial charge on any atom is -0.269 e. The Morgan fingerprint density at radius 2 is 2.12 bits per heavy atom. The van der Waals surface area contributed by atoms with Gasteiger partial charge in [0.1, 0.15) is 4.90 Å². The number of nitrogens with zero attached hydrogens (tertiary/aromatic N) is 4. The smallest absolute Gasteiger partial charge is 0.267 e. The largest absolute Gasteiger partial charge is 0.269 e. The van der Waals surface area contributed by atoms with E-state index < -0.39 is 10.0 Å². The van der Waals surface area contributed by atoms with Crippen molar-refractivity contribution in [3.8, 4) is 6.07 Å². The summed E-state index contributed by atoms with van der Waals surface area (Å²) in [5, 5.41) is 13.3. The van der Waals surface area contributed by atoms with E-state index in [1.165, 1.54) is 10.5 Å². The molecule has 1 fully saturated rings. The zero-order chi connectivity index (χ0) is 17.3. The number of rotatable bonds is 5. The molecule has 0 N–H and O–H groups in total. The lowest BCUT2D eigenvalue weighted by Gasteiger charge is -2.37. The van der Waals surface area contributed by atoms with Crippen LogP contribution in [-0.4, -0.2) is 24.2 Å². The minimum absolute atomic E-state index is 0.0636. The average Bonchev–Trinajstić information content (AvgIpc) is 3.01. The molecule has 1 saturated carbocycles. The normalized spacial score (nSPS) is 15.1. The number of sulfonamides is 1. The molecule has 0 amide bonds. The number of aromatic nitrogens is 2. The van der Waals surface area contributed by atoms with E-state index in [0.29, 0.717) is 11.3 Å². The molecule has 0 atom stereocenters. The molecule has 0 unspecified atom stereocenters. The molecule has 1 aliphatic rings. The van der Waals surface area contributed by atoms with Crippen molar-refractivity contribution < 1.29 is 8.42 Å². The van der Waals surface area contributed by atoms with Crippen LogP contribution in [0, 0.1) is 11.3 Å². The van der Waals surface area contributed by atoms with E-state index >= 15 is 0 Å². The van der Waals surface area contributed by atoms with Crippen molar-refractivity contribution in [2.45, 2.75) is 50.1 Å². The van der Waals surface area contributed by atoms with Gasteiger partial charge in [-0.2, -0.15) is 10.4 Å². The Labute approximate surface area is 142 Å². The first kappa shape index (κ1) is 16.5. The quantitative estimate of drug-likeness (QED) is 0.835. The molecule has 126 valence electrons. The van der Waals surface area contributed by atoms with E-state index in [0.717, 1.165) is 19.3 Å². The monoisotopic (exact) mass is 344 g/mol. The predicted molar refractivity (Wildman–Crippen MR) is 91.1 cm³/mol. The van der Waals surface area contributed by atoms with Gasteiger partial charge in [0.15, 0.2) is 0 Å². The van der Waals surface area contributed by atoms with E-state index in [9.17, 15) is 8.42 Å².